The molecule has 0 aromatic rings. The summed E-state index contributed by atoms with van der Waals surface area (Å²) in [6, 6.07) is 0. The second kappa shape index (κ2) is 73.1. The largest absolute Gasteiger partial charge is 4.00 e. The van der Waals surface area contributed by atoms with Crippen LogP contribution in [0.5, 0.6) is 0 Å². The van der Waals surface area contributed by atoms with Crippen LogP contribution >= 0.6 is 0 Å². The summed E-state index contributed by atoms with van der Waals surface area (Å²) in [6.07, 6.45) is 0. The van der Waals surface area contributed by atoms with E-state index in [0.29, 0.717) is 0 Å². The van der Waals surface area contributed by atoms with Gasteiger partial charge in [0.15, 0.2) is 0 Å². The van der Waals surface area contributed by atoms with Crippen molar-refractivity contribution in [3.63, 3.8) is 0 Å². The van der Waals surface area contributed by atoms with Gasteiger partial charge < -0.3 is 37.2 Å². The molecule has 51 valence electrons. The van der Waals surface area contributed by atoms with Crippen molar-refractivity contribution in [2.24, 2.45) is 0 Å². The molecule has 0 N–H and O–H groups in total. The molecule has 0 heterocycles. The maximum atomic E-state index is 4.61. The van der Waals surface area contributed by atoms with Gasteiger partial charge in [0, 0.05) is 0 Å². The standard InChI is InChI=1S/CH.4Bi.3ClH.Zr.H/h1H;;;;;3*1H;;/q-1;;;;;;;;+4;/p-3. The third-order valence-corrected chi connectivity index (χ3v) is 0. The molecule has 0 spiro atoms. The number of hydrogen-bond acceptors (Lipinski definition) is 0. The Morgan fingerprint density at radius 1 is 0.778 bits per heavy atom. The van der Waals surface area contributed by atoms with Gasteiger partial charge in [-0.1, -0.05) is 0 Å². The van der Waals surface area contributed by atoms with Crippen molar-refractivity contribution >= 4 is 93.2 Å². The smallest absolute Gasteiger partial charge is 1.00 e. The molecule has 0 aliphatic carbocycles. The molecule has 0 aromatic heterocycles. The van der Waals surface area contributed by atoms with Crippen LogP contribution in [0.3, 0.4) is 0 Å². The van der Waals surface area contributed by atoms with Crippen molar-refractivity contribution < 1.29 is 63.4 Å². The zero-order valence-electron chi connectivity index (χ0n) is 4.05. The molecule has 0 bridgehead atoms. The Morgan fingerprint density at radius 2 is 0.778 bits per heavy atom. The predicted octanol–water partition coefficient (Wildman–Crippen LogP) is -10.9. The van der Waals surface area contributed by atoms with Crippen LogP contribution in [0.4, 0.5) is 0 Å². The van der Waals surface area contributed by atoms with E-state index in [9.17, 15) is 0 Å². The first-order valence-electron chi connectivity index (χ1n) is 0.458. The minimum Gasteiger partial charge on any atom is -1.00 e. The maximum absolute atomic E-state index is 4.61. The zero-order valence-corrected chi connectivity index (χ0v) is 23.1. The zero-order chi connectivity index (χ0) is 4.00. The summed E-state index contributed by atoms with van der Waals surface area (Å²) in [4.78, 5) is 0. The van der Waals surface area contributed by atoms with E-state index in [4.69, 9.17) is 0 Å². The summed E-state index contributed by atoms with van der Waals surface area (Å²) in [6.45, 7) is 0. The van der Waals surface area contributed by atoms with Gasteiger partial charge in [0.2, 0.25) is 0 Å². The molecule has 0 aliphatic rings. The second-order valence-corrected chi connectivity index (χ2v) is 0. The van der Waals surface area contributed by atoms with E-state index in [1.165, 1.54) is 0 Å². The van der Waals surface area contributed by atoms with Crippen molar-refractivity contribution in [2.75, 3.05) is 0 Å². The average Bonchev–Trinajstić information content (AvgIpc) is 1.50. The molecule has 0 saturated carbocycles. The van der Waals surface area contributed by atoms with Gasteiger partial charge in [-0.15, -0.1) is 0 Å². The summed E-state index contributed by atoms with van der Waals surface area (Å²) in [5.74, 6) is 0. The minimum absolute atomic E-state index is 0. The average molecular weight is 1050 g/mol. The topological polar surface area (TPSA) is 0 Å². The Hall–Kier alpha value is 5.16. The molecule has 0 saturated heterocycles. The molecule has 8 heteroatoms. The molecule has 5 radical (unpaired) electrons. The number of rotatable bonds is 0. The van der Waals surface area contributed by atoms with Crippen molar-refractivity contribution in [1.82, 2.24) is 0 Å². The van der Waals surface area contributed by atoms with Crippen LogP contribution in [0.25, 0.3) is 0 Å². The van der Waals surface area contributed by atoms with Crippen molar-refractivity contribution in [1.29, 1.82) is 0 Å². The van der Waals surface area contributed by atoms with E-state index in [1.54, 1.807) is 38.5 Å². The molecule has 0 fully saturated rings. The quantitative estimate of drug-likeness (QED) is 0.168. The molecule has 0 unspecified atom stereocenters. The van der Waals surface area contributed by atoms with Gasteiger partial charge in [0.1, 0.15) is 0 Å². The Morgan fingerprint density at radius 3 is 0.778 bits per heavy atom. The second-order valence-electron chi connectivity index (χ2n) is 0. The molecule has 0 nitrogen and oxygen atoms in total. The monoisotopic (exact) mass is 1040 g/mol. The summed E-state index contributed by atoms with van der Waals surface area (Å²) in [5.41, 5.74) is 0. The van der Waals surface area contributed by atoms with Crippen LogP contribution in [-0.2, 0) is 26.2 Å². The molecule has 9 heavy (non-hydrogen) atoms. The molecular formula is CH2Bi4Cl3Zr. The van der Waals surface area contributed by atoms with Crippen molar-refractivity contribution in [3.8, 4) is 0 Å². The third kappa shape index (κ3) is 61.6. The molecule has 0 rings (SSSR count). The molecular weight excluding hydrogens is 1050 g/mol. The number of hydrogen-bond donors (Lipinski definition) is 0. The summed E-state index contributed by atoms with van der Waals surface area (Å²) in [7, 11) is 0. The van der Waals surface area contributed by atoms with Crippen LogP contribution < -0.4 is 37.2 Å². The van der Waals surface area contributed by atoms with Gasteiger partial charge >= 0.3 is 119 Å². The van der Waals surface area contributed by atoms with Gasteiger partial charge in [-0.05, 0) is 0 Å². The fourth-order valence-electron chi connectivity index (χ4n) is 0. The first kappa shape index (κ1) is 47.8. The fraction of sp³-hybridized carbons (Fsp3) is 0. The Kier molecular flexibility index (Phi) is 389. The third-order valence-electron chi connectivity index (χ3n) is 0. The van der Waals surface area contributed by atoms with Crippen LogP contribution in [0.1, 0.15) is 0 Å². The van der Waals surface area contributed by atoms with Gasteiger partial charge in [0.25, 0.3) is 0 Å². The summed E-state index contributed by atoms with van der Waals surface area (Å²) in [5, 5.41) is 0. The minimum atomic E-state index is 0. The molecule has 0 atom stereocenters. The Bertz CT molecular complexity index is 17.8. The van der Waals surface area contributed by atoms with Crippen molar-refractivity contribution in [2.45, 2.75) is 0 Å². The van der Waals surface area contributed by atoms with E-state index in [1.807, 2.05) is 0 Å². The van der Waals surface area contributed by atoms with E-state index in [0.717, 1.165) is 24.2 Å². The normalized spacial score (nSPS) is 0.889. The van der Waals surface area contributed by atoms with E-state index in [-0.39, 0.29) is 89.6 Å². The maximum Gasteiger partial charge on any atom is 4.00 e. The van der Waals surface area contributed by atoms with Gasteiger partial charge in [-0.3, -0.25) is 0 Å². The van der Waals surface area contributed by atoms with Crippen LogP contribution in [0, 0.1) is 0 Å². The van der Waals surface area contributed by atoms with Crippen LogP contribution in [-0.4, -0.2) is 93.2 Å². The van der Waals surface area contributed by atoms with Gasteiger partial charge in [-0.25, -0.2) is 0 Å². The van der Waals surface area contributed by atoms with E-state index >= 15 is 0 Å². The summed E-state index contributed by atoms with van der Waals surface area (Å²) < 4.78 is 4.61. The number of halogens is 3. The van der Waals surface area contributed by atoms with Crippen molar-refractivity contribution in [3.05, 3.63) is 0 Å². The summed E-state index contributed by atoms with van der Waals surface area (Å²) >= 11 is 4.06. The van der Waals surface area contributed by atoms with Gasteiger partial charge in [-0.2, -0.15) is 0 Å². The van der Waals surface area contributed by atoms with Crippen LogP contribution in [0.15, 0.2) is 0 Å². The fourth-order valence-corrected chi connectivity index (χ4v) is 0. The molecule has 0 aromatic carbocycles. The predicted molar refractivity (Wildman–Crippen MR) is 30.5 cm³/mol. The Labute approximate surface area is 152 Å². The SMILES string of the molecule is [BiH].[Bi]=[Bi].[CH-]=[Bi].[Cl-].[Cl-].[Cl-].[Zr+4]. The first-order valence-corrected chi connectivity index (χ1v) is 17.7. The van der Waals surface area contributed by atoms with E-state index < -0.39 is 0 Å². The Balaban J connectivity index is -0.00000000114. The molecule has 0 amide bonds. The first-order chi connectivity index (χ1) is 2.00. The molecule has 0 aliphatic heterocycles. The van der Waals surface area contributed by atoms with Gasteiger partial charge in [0.05, 0.1) is 0 Å². The van der Waals surface area contributed by atoms with Crippen LogP contribution in [0.2, 0.25) is 0 Å². The van der Waals surface area contributed by atoms with E-state index in [2.05, 4.69) is 4.21 Å².